The first-order valence-corrected chi connectivity index (χ1v) is 12.4. The number of nitrogens with one attached hydrogen (secondary N) is 1. The van der Waals surface area contributed by atoms with Crippen LogP contribution in [-0.4, -0.2) is 65.0 Å². The summed E-state index contributed by atoms with van der Waals surface area (Å²) in [5, 5.41) is 3.13. The summed E-state index contributed by atoms with van der Waals surface area (Å²) in [7, 11) is -1.54. The molecule has 0 saturated carbocycles. The molecule has 33 heavy (non-hydrogen) atoms. The molecule has 1 amide bonds. The lowest BCUT2D eigenvalue weighted by molar-refractivity contribution is -0.114. The van der Waals surface area contributed by atoms with Gasteiger partial charge >= 0.3 is 0 Å². The minimum atomic E-state index is -3.23. The number of rotatable bonds is 5. The van der Waals surface area contributed by atoms with Crippen LogP contribution in [0.4, 0.5) is 5.82 Å². The Kier molecular flexibility index (Phi) is 6.12. The van der Waals surface area contributed by atoms with Gasteiger partial charge in [0.15, 0.2) is 0 Å². The van der Waals surface area contributed by atoms with E-state index in [0.717, 1.165) is 5.56 Å². The van der Waals surface area contributed by atoms with Crippen molar-refractivity contribution in [3.63, 3.8) is 0 Å². The molecule has 3 aromatic rings. The Morgan fingerprint density at radius 3 is 2.73 bits per heavy atom. The van der Waals surface area contributed by atoms with Crippen molar-refractivity contribution in [3.8, 4) is 11.1 Å². The Morgan fingerprint density at radius 1 is 1.30 bits per heavy atom. The van der Waals surface area contributed by atoms with E-state index in [4.69, 9.17) is 4.42 Å². The molecule has 1 atom stereocenters. The van der Waals surface area contributed by atoms with Gasteiger partial charge in [-0.05, 0) is 30.7 Å². The summed E-state index contributed by atoms with van der Waals surface area (Å²) >= 11 is 0. The molecular weight excluding hydrogens is 446 g/mol. The number of aromatic nitrogens is 2. The molecule has 10 nitrogen and oxygen atoms in total. The number of piperazine rings is 1. The van der Waals surface area contributed by atoms with Gasteiger partial charge in [-0.25, -0.2) is 13.4 Å². The van der Waals surface area contributed by atoms with Gasteiger partial charge in [-0.15, -0.1) is 0 Å². The number of hydrogen-bond donors (Lipinski definition) is 1. The summed E-state index contributed by atoms with van der Waals surface area (Å²) < 4.78 is 32.9. The monoisotopic (exact) mass is 473 g/mol. The van der Waals surface area contributed by atoms with Gasteiger partial charge in [0.1, 0.15) is 17.2 Å². The maximum absolute atomic E-state index is 12.8. The number of furan rings is 1. The second kappa shape index (κ2) is 8.73. The zero-order chi connectivity index (χ0) is 23.9. The maximum Gasteiger partial charge on any atom is 0.261 e. The largest absolute Gasteiger partial charge is 0.459 e. The number of hydrogen-bond acceptors (Lipinski definition) is 7. The Balaban J connectivity index is 1.68. The molecule has 0 spiro atoms. The molecule has 0 aliphatic carbocycles. The molecule has 1 N–H and O–H groups in total. The van der Waals surface area contributed by atoms with E-state index in [9.17, 15) is 18.0 Å². The highest BCUT2D eigenvalue weighted by Crippen LogP contribution is 2.31. The third kappa shape index (κ3) is 4.85. The van der Waals surface area contributed by atoms with Gasteiger partial charge in [0.05, 0.1) is 18.2 Å². The predicted octanol–water partition coefficient (Wildman–Crippen LogP) is 1.62. The summed E-state index contributed by atoms with van der Waals surface area (Å²) in [5.41, 5.74) is 1.76. The summed E-state index contributed by atoms with van der Waals surface area (Å²) in [6.45, 7) is 5.25. The van der Waals surface area contributed by atoms with Crippen LogP contribution in [0, 0.1) is 0 Å². The number of sulfonamides is 1. The number of amides is 1. The number of fused-ring (bicyclic) bond motifs is 1. The van der Waals surface area contributed by atoms with Crippen molar-refractivity contribution in [2.75, 3.05) is 31.2 Å². The highest BCUT2D eigenvalue weighted by molar-refractivity contribution is 7.88. The zero-order valence-electron chi connectivity index (χ0n) is 19.0. The summed E-state index contributed by atoms with van der Waals surface area (Å²) in [6, 6.07) is 5.28. The second-order valence-electron chi connectivity index (χ2n) is 8.47. The summed E-state index contributed by atoms with van der Waals surface area (Å²) in [5.74, 6) is 0.812. The molecule has 1 aliphatic rings. The molecule has 3 aromatic heterocycles. The SMILES string of the molecule is CC(=O)Nc1cc(-c2cn(C)c(=O)c3cc(CN4CCN(S(C)(=O)=O)C[C@H]4C)oc23)ccn1. The van der Waals surface area contributed by atoms with Crippen molar-refractivity contribution in [1.82, 2.24) is 18.8 Å². The molecule has 1 fully saturated rings. The van der Waals surface area contributed by atoms with E-state index in [1.807, 2.05) is 6.92 Å². The fraction of sp³-hybridized carbons (Fsp3) is 0.409. The van der Waals surface area contributed by atoms with Gasteiger partial charge in [-0.3, -0.25) is 14.5 Å². The van der Waals surface area contributed by atoms with Crippen LogP contribution in [0.15, 0.2) is 39.8 Å². The number of carbonyl (C=O) groups excluding carboxylic acids is 1. The summed E-state index contributed by atoms with van der Waals surface area (Å²) in [6.07, 6.45) is 4.52. The van der Waals surface area contributed by atoms with Crippen molar-refractivity contribution in [3.05, 3.63) is 46.7 Å². The topological polar surface area (TPSA) is 118 Å². The van der Waals surface area contributed by atoms with Crippen LogP contribution in [0.2, 0.25) is 0 Å². The summed E-state index contributed by atoms with van der Waals surface area (Å²) in [4.78, 5) is 30.5. The van der Waals surface area contributed by atoms with Crippen LogP contribution < -0.4 is 10.9 Å². The van der Waals surface area contributed by atoms with Crippen molar-refractivity contribution in [1.29, 1.82) is 0 Å². The van der Waals surface area contributed by atoms with Crippen LogP contribution in [0.1, 0.15) is 19.6 Å². The van der Waals surface area contributed by atoms with Crippen molar-refractivity contribution >= 4 is 32.7 Å². The Hall–Kier alpha value is -3.02. The number of anilines is 1. The molecular formula is C22H27N5O5S. The van der Waals surface area contributed by atoms with Gasteiger partial charge in [0.2, 0.25) is 15.9 Å². The smallest absolute Gasteiger partial charge is 0.261 e. The van der Waals surface area contributed by atoms with Crippen molar-refractivity contribution < 1.29 is 17.6 Å². The van der Waals surface area contributed by atoms with E-state index in [0.29, 0.717) is 54.3 Å². The Morgan fingerprint density at radius 2 is 2.06 bits per heavy atom. The molecule has 176 valence electrons. The fourth-order valence-corrected chi connectivity index (χ4v) is 5.03. The molecule has 0 bridgehead atoms. The van der Waals surface area contributed by atoms with Crippen molar-refractivity contribution in [2.24, 2.45) is 7.05 Å². The standard InChI is InChI=1S/C22H27N5O5S/c1-14-11-27(33(4,30)31)8-7-26(14)12-17-10-18-21(32-17)19(13-25(3)22(18)29)16-5-6-23-20(9-16)24-15(2)28/h5-6,9-10,13-14H,7-8,11-12H2,1-4H3,(H,23,24,28)/t14-/m1/s1. The fourth-order valence-electron chi connectivity index (χ4n) is 4.13. The van der Waals surface area contributed by atoms with E-state index in [2.05, 4.69) is 15.2 Å². The van der Waals surface area contributed by atoms with E-state index < -0.39 is 10.0 Å². The highest BCUT2D eigenvalue weighted by atomic mass is 32.2. The molecule has 1 aliphatic heterocycles. The lowest BCUT2D eigenvalue weighted by Gasteiger charge is -2.38. The third-order valence-corrected chi connectivity index (χ3v) is 7.10. The van der Waals surface area contributed by atoms with E-state index in [1.54, 1.807) is 37.6 Å². The van der Waals surface area contributed by atoms with Crippen LogP contribution in [0.3, 0.4) is 0 Å². The van der Waals surface area contributed by atoms with Gasteiger partial charge in [0, 0.05) is 57.6 Å². The average Bonchev–Trinajstić information content (AvgIpc) is 3.15. The molecule has 1 saturated heterocycles. The first kappa shape index (κ1) is 23.1. The Labute approximate surface area is 191 Å². The maximum atomic E-state index is 12.8. The molecule has 0 unspecified atom stereocenters. The first-order valence-electron chi connectivity index (χ1n) is 10.6. The van der Waals surface area contributed by atoms with E-state index in [1.165, 1.54) is 22.1 Å². The third-order valence-electron chi connectivity index (χ3n) is 5.83. The lowest BCUT2D eigenvalue weighted by atomic mass is 10.1. The number of carbonyl (C=O) groups is 1. The number of aryl methyl sites for hydroxylation is 1. The molecule has 4 rings (SSSR count). The molecule has 0 radical (unpaired) electrons. The minimum Gasteiger partial charge on any atom is -0.459 e. The second-order valence-corrected chi connectivity index (χ2v) is 10.4. The molecule has 11 heteroatoms. The zero-order valence-corrected chi connectivity index (χ0v) is 19.8. The lowest BCUT2D eigenvalue weighted by Crippen LogP contribution is -2.52. The van der Waals surface area contributed by atoms with Crippen LogP contribution in [-0.2, 0) is 28.4 Å². The number of nitrogens with zero attached hydrogens (tertiary/aromatic N) is 4. The molecule has 0 aromatic carbocycles. The van der Waals surface area contributed by atoms with E-state index >= 15 is 0 Å². The highest BCUT2D eigenvalue weighted by Gasteiger charge is 2.29. The van der Waals surface area contributed by atoms with Crippen molar-refractivity contribution in [2.45, 2.75) is 26.4 Å². The number of pyridine rings is 2. The van der Waals surface area contributed by atoms with Crippen LogP contribution in [0.25, 0.3) is 22.1 Å². The van der Waals surface area contributed by atoms with E-state index in [-0.39, 0.29) is 17.5 Å². The minimum absolute atomic E-state index is 0.00408. The van der Waals surface area contributed by atoms with Gasteiger partial charge in [-0.1, -0.05) is 0 Å². The Bertz CT molecular complexity index is 1380. The molecule has 4 heterocycles. The van der Waals surface area contributed by atoms with Gasteiger partial charge in [-0.2, -0.15) is 4.31 Å². The average molecular weight is 474 g/mol. The normalized spacial score (nSPS) is 18.0. The predicted molar refractivity (Wildman–Crippen MR) is 125 cm³/mol. The van der Waals surface area contributed by atoms with Crippen LogP contribution >= 0.6 is 0 Å². The first-order chi connectivity index (χ1) is 15.5. The van der Waals surface area contributed by atoms with Gasteiger partial charge < -0.3 is 14.3 Å². The van der Waals surface area contributed by atoms with Crippen LogP contribution in [0.5, 0.6) is 0 Å². The quantitative estimate of drug-likeness (QED) is 0.598. The van der Waals surface area contributed by atoms with Gasteiger partial charge in [0.25, 0.3) is 5.56 Å².